The minimum atomic E-state index is -1.04. The van der Waals surface area contributed by atoms with Crippen molar-refractivity contribution in [1.29, 1.82) is 0 Å². The SMILES string of the molecule is C=C/C=C(\C=C)C(c1cnc(C)c(Cl)c1)C(C)(C)C(=O)O.CC. The van der Waals surface area contributed by atoms with Gasteiger partial charge in [-0.2, -0.15) is 0 Å². The lowest BCUT2D eigenvalue weighted by Gasteiger charge is -2.32. The molecule has 1 unspecified atom stereocenters. The predicted octanol–water partition coefficient (Wildman–Crippen LogP) is 5.56. The molecule has 1 atom stereocenters. The van der Waals surface area contributed by atoms with Gasteiger partial charge in [0, 0.05) is 12.1 Å². The zero-order valence-electron chi connectivity index (χ0n) is 14.6. The number of aliphatic carboxylic acids is 1. The molecule has 0 aliphatic heterocycles. The Bertz CT molecular complexity index is 603. The second-order valence-corrected chi connectivity index (χ2v) is 5.81. The Hall–Kier alpha value is -1.87. The van der Waals surface area contributed by atoms with Crippen LogP contribution in [0.3, 0.4) is 0 Å². The third-order valence-electron chi connectivity index (χ3n) is 3.53. The number of rotatable bonds is 6. The normalized spacial score (nSPS) is 12.7. The van der Waals surface area contributed by atoms with E-state index >= 15 is 0 Å². The van der Waals surface area contributed by atoms with Crippen LogP contribution in [0.25, 0.3) is 0 Å². The summed E-state index contributed by atoms with van der Waals surface area (Å²) < 4.78 is 0. The zero-order chi connectivity index (χ0) is 18.2. The lowest BCUT2D eigenvalue weighted by atomic mass is 9.71. The summed E-state index contributed by atoms with van der Waals surface area (Å²) in [5.74, 6) is -1.32. The molecular formula is C19H26ClNO2. The number of hydrogen-bond donors (Lipinski definition) is 1. The predicted molar refractivity (Wildman–Crippen MR) is 98.0 cm³/mol. The van der Waals surface area contributed by atoms with E-state index in [1.54, 1.807) is 51.3 Å². The van der Waals surface area contributed by atoms with E-state index < -0.39 is 17.3 Å². The van der Waals surface area contributed by atoms with Gasteiger partial charge < -0.3 is 5.11 Å². The highest BCUT2D eigenvalue weighted by molar-refractivity contribution is 6.31. The topological polar surface area (TPSA) is 50.2 Å². The van der Waals surface area contributed by atoms with E-state index in [2.05, 4.69) is 18.1 Å². The molecule has 1 rings (SSSR count). The number of aryl methyl sites for hydroxylation is 1. The summed E-state index contributed by atoms with van der Waals surface area (Å²) >= 11 is 6.14. The van der Waals surface area contributed by atoms with Crippen molar-refractivity contribution in [1.82, 2.24) is 4.98 Å². The molecule has 0 aliphatic rings. The Morgan fingerprint density at radius 1 is 1.39 bits per heavy atom. The summed E-state index contributed by atoms with van der Waals surface area (Å²) in [5, 5.41) is 10.1. The van der Waals surface area contributed by atoms with Crippen molar-refractivity contribution in [3.05, 3.63) is 65.5 Å². The monoisotopic (exact) mass is 335 g/mol. The summed E-state index contributed by atoms with van der Waals surface area (Å²) in [4.78, 5) is 15.9. The molecule has 1 aromatic heterocycles. The van der Waals surface area contributed by atoms with Crippen LogP contribution in [-0.4, -0.2) is 16.1 Å². The van der Waals surface area contributed by atoms with Crippen LogP contribution in [-0.2, 0) is 4.79 Å². The first-order chi connectivity index (χ1) is 10.8. The molecule has 126 valence electrons. The molecule has 0 aromatic carbocycles. The molecule has 0 fully saturated rings. The Kier molecular flexibility index (Phi) is 8.55. The van der Waals surface area contributed by atoms with Gasteiger partial charge in [0.1, 0.15) is 0 Å². The second-order valence-electron chi connectivity index (χ2n) is 5.40. The molecule has 3 nitrogen and oxygen atoms in total. The van der Waals surface area contributed by atoms with Crippen LogP contribution in [0.2, 0.25) is 5.02 Å². The molecule has 23 heavy (non-hydrogen) atoms. The van der Waals surface area contributed by atoms with Gasteiger partial charge in [-0.05, 0) is 38.0 Å². The molecule has 0 saturated heterocycles. The van der Waals surface area contributed by atoms with E-state index in [0.717, 1.165) is 11.1 Å². The number of aromatic nitrogens is 1. The van der Waals surface area contributed by atoms with Gasteiger partial charge in [0.05, 0.1) is 16.1 Å². The van der Waals surface area contributed by atoms with Crippen LogP contribution in [0.1, 0.15) is 44.9 Å². The Morgan fingerprint density at radius 2 is 1.96 bits per heavy atom. The fourth-order valence-electron chi connectivity index (χ4n) is 2.25. The lowest BCUT2D eigenvalue weighted by molar-refractivity contribution is -0.147. The van der Waals surface area contributed by atoms with Crippen molar-refractivity contribution < 1.29 is 9.90 Å². The van der Waals surface area contributed by atoms with Gasteiger partial charge in [-0.3, -0.25) is 9.78 Å². The van der Waals surface area contributed by atoms with E-state index in [1.165, 1.54) is 0 Å². The van der Waals surface area contributed by atoms with Crippen LogP contribution in [0.15, 0.2) is 49.2 Å². The quantitative estimate of drug-likeness (QED) is 0.692. The zero-order valence-corrected chi connectivity index (χ0v) is 15.3. The van der Waals surface area contributed by atoms with Gasteiger partial charge >= 0.3 is 5.97 Å². The van der Waals surface area contributed by atoms with E-state index in [0.29, 0.717) is 10.7 Å². The molecule has 0 bridgehead atoms. The maximum absolute atomic E-state index is 11.7. The van der Waals surface area contributed by atoms with Gasteiger partial charge in [0.25, 0.3) is 0 Å². The minimum Gasteiger partial charge on any atom is -0.481 e. The fraction of sp³-hybridized carbons (Fsp3) is 0.368. The first-order valence-corrected chi connectivity index (χ1v) is 7.94. The summed E-state index contributed by atoms with van der Waals surface area (Å²) in [6.45, 7) is 16.6. The van der Waals surface area contributed by atoms with Gasteiger partial charge in [-0.25, -0.2) is 0 Å². The Morgan fingerprint density at radius 3 is 2.35 bits per heavy atom. The van der Waals surface area contributed by atoms with Crippen LogP contribution < -0.4 is 0 Å². The van der Waals surface area contributed by atoms with Crippen LogP contribution in [0, 0.1) is 12.3 Å². The lowest BCUT2D eigenvalue weighted by Crippen LogP contribution is -2.32. The van der Waals surface area contributed by atoms with E-state index in [1.807, 2.05) is 13.8 Å². The Labute approximate surface area is 144 Å². The molecule has 1 N–H and O–H groups in total. The number of carboxylic acids is 1. The van der Waals surface area contributed by atoms with Crippen molar-refractivity contribution in [2.75, 3.05) is 0 Å². The molecule has 0 radical (unpaired) electrons. The number of carbonyl (C=O) groups is 1. The average Bonchev–Trinajstić information content (AvgIpc) is 2.51. The smallest absolute Gasteiger partial charge is 0.310 e. The van der Waals surface area contributed by atoms with Crippen molar-refractivity contribution in [3.8, 4) is 0 Å². The van der Waals surface area contributed by atoms with Crippen molar-refractivity contribution in [3.63, 3.8) is 0 Å². The maximum Gasteiger partial charge on any atom is 0.310 e. The van der Waals surface area contributed by atoms with Gasteiger partial charge in [0.2, 0.25) is 0 Å². The molecule has 4 heteroatoms. The molecule has 1 heterocycles. The van der Waals surface area contributed by atoms with Crippen molar-refractivity contribution in [2.24, 2.45) is 5.41 Å². The van der Waals surface area contributed by atoms with Gasteiger partial charge in [0.15, 0.2) is 0 Å². The summed E-state index contributed by atoms with van der Waals surface area (Å²) in [7, 11) is 0. The number of pyridine rings is 1. The summed E-state index contributed by atoms with van der Waals surface area (Å²) in [6, 6.07) is 1.76. The van der Waals surface area contributed by atoms with Crippen molar-refractivity contribution >= 4 is 17.6 Å². The average molecular weight is 336 g/mol. The van der Waals surface area contributed by atoms with Crippen LogP contribution in [0.5, 0.6) is 0 Å². The van der Waals surface area contributed by atoms with E-state index in [-0.39, 0.29) is 0 Å². The first kappa shape index (κ1) is 21.1. The standard InChI is InChI=1S/C17H20ClNO2.C2H6/c1-6-8-12(7-2)15(17(4,5)16(20)21)13-9-14(18)11(3)19-10-13;1-2/h6-10,15H,1-2H2,3-5H3,(H,20,21);1-2H3/b12-8+;. The fourth-order valence-corrected chi connectivity index (χ4v) is 2.42. The molecule has 0 spiro atoms. The second kappa shape index (κ2) is 9.31. The molecular weight excluding hydrogens is 310 g/mol. The minimum absolute atomic E-state index is 0.420. The molecule has 1 aromatic rings. The Balaban J connectivity index is 0.00000232. The number of nitrogens with zero attached hydrogens (tertiary/aromatic N) is 1. The molecule has 0 amide bonds. The largest absolute Gasteiger partial charge is 0.481 e. The molecule has 0 aliphatic carbocycles. The maximum atomic E-state index is 11.7. The number of allylic oxidation sites excluding steroid dienone is 4. The first-order valence-electron chi connectivity index (χ1n) is 7.56. The number of halogens is 1. The van der Waals surface area contributed by atoms with E-state index in [4.69, 9.17) is 11.6 Å². The van der Waals surface area contributed by atoms with Crippen LogP contribution >= 0.6 is 11.6 Å². The summed E-state index contributed by atoms with van der Waals surface area (Å²) in [6.07, 6.45) is 6.68. The summed E-state index contributed by atoms with van der Waals surface area (Å²) in [5.41, 5.74) is 1.17. The number of hydrogen-bond acceptors (Lipinski definition) is 2. The third kappa shape index (κ3) is 5.07. The third-order valence-corrected chi connectivity index (χ3v) is 3.91. The van der Waals surface area contributed by atoms with Crippen molar-refractivity contribution in [2.45, 2.75) is 40.5 Å². The molecule has 0 saturated carbocycles. The van der Waals surface area contributed by atoms with E-state index in [9.17, 15) is 9.90 Å². The van der Waals surface area contributed by atoms with Crippen LogP contribution in [0.4, 0.5) is 0 Å². The highest BCUT2D eigenvalue weighted by Crippen LogP contribution is 2.42. The van der Waals surface area contributed by atoms with Gasteiger partial charge in [-0.15, -0.1) is 0 Å². The van der Waals surface area contributed by atoms with Gasteiger partial charge in [-0.1, -0.05) is 56.8 Å². The number of carboxylic acid groups (broad SMARTS) is 1. The highest BCUT2D eigenvalue weighted by atomic mass is 35.5. The highest BCUT2D eigenvalue weighted by Gasteiger charge is 2.39.